The predicted molar refractivity (Wildman–Crippen MR) is 277 cm³/mol. The van der Waals surface area contributed by atoms with Crippen LogP contribution < -0.4 is 14.8 Å². The minimum atomic E-state index is -4.17. The lowest BCUT2D eigenvalue weighted by Gasteiger charge is -2.25. The van der Waals surface area contributed by atoms with Gasteiger partial charge in [-0.05, 0) is 76.6 Å². The number of hydrogen-bond donors (Lipinski definition) is 3. The Morgan fingerprint density at radius 2 is 1.01 bits per heavy atom. The Hall–Kier alpha value is -2.37. The van der Waals surface area contributed by atoms with Crippen LogP contribution in [-0.2, 0) is 32.8 Å². The molecule has 68 heavy (non-hydrogen) atoms. The Balaban J connectivity index is 1.38. The van der Waals surface area contributed by atoms with Crippen molar-refractivity contribution in [1.29, 1.82) is 0 Å². The normalized spacial score (nSPS) is 14.7. The number of fused-ring (bicyclic) bond motifs is 2. The van der Waals surface area contributed by atoms with Gasteiger partial charge in [0.2, 0.25) is 25.0 Å². The fraction of sp³-hybridized carbons (Fsp3) is 0.820. The zero-order valence-corrected chi connectivity index (χ0v) is 45.4. The highest BCUT2D eigenvalue weighted by Crippen LogP contribution is 2.40. The summed E-state index contributed by atoms with van der Waals surface area (Å²) in [4.78, 5) is 20.1. The molecule has 18 heteroatoms. The number of aliphatic hydroxyl groups excluding tert-OH is 2. The second-order valence-electron chi connectivity index (χ2n) is 19.6. The molecule has 0 radical (unpaired) electrons. The number of halogens is 2. The number of nitrogens with zero attached hydrogens (tertiary/aromatic N) is 7. The second-order valence-corrected chi connectivity index (χ2v) is 25.0. The summed E-state index contributed by atoms with van der Waals surface area (Å²) in [7, 11) is -8.08. The van der Waals surface area contributed by atoms with E-state index in [1.165, 1.54) is 114 Å². The largest absolute Gasteiger partial charge is 0.396 e. The lowest BCUT2D eigenvalue weighted by Crippen LogP contribution is -2.45. The molecule has 1 aliphatic heterocycles. The number of unbranched alkanes of at least 4 members (excludes halogenated alkanes) is 26. The van der Waals surface area contributed by atoms with Gasteiger partial charge in [0, 0.05) is 33.2 Å². The van der Waals surface area contributed by atoms with Crippen LogP contribution in [0.15, 0.2) is 10.1 Å². The molecule has 0 saturated heterocycles. The van der Waals surface area contributed by atoms with Crippen LogP contribution in [0.2, 0.25) is 10.6 Å². The molecule has 3 N–H and O–H groups in total. The van der Waals surface area contributed by atoms with Crippen molar-refractivity contribution in [3.8, 4) is 0 Å². The molecular formula is C50H87Cl2N8O6S2+. The molecule has 0 aromatic carbocycles. The van der Waals surface area contributed by atoms with Gasteiger partial charge in [0.15, 0.2) is 22.2 Å². The van der Waals surface area contributed by atoms with E-state index in [1.807, 2.05) is 23.3 Å². The lowest BCUT2D eigenvalue weighted by molar-refractivity contribution is -0.673. The van der Waals surface area contributed by atoms with Gasteiger partial charge < -0.3 is 25.0 Å². The first-order valence-corrected chi connectivity index (χ1v) is 30.3. The van der Waals surface area contributed by atoms with Crippen molar-refractivity contribution in [3.63, 3.8) is 0 Å². The molecule has 388 valence electrons. The SMILES string of the molecule is Cc1nc2c(c(S(=O)(=O)C(C)C)nc(Cl)[n+]2CC(C)S(=O)(=O)c2nc(Cl)nc3c2N(CCCCCCCCCCCCCCCCO)C(C)N3)n1CCCCCCCCCCCCCCCCO. The molecule has 14 nitrogen and oxygen atoms in total. The molecule has 2 atom stereocenters. The standard InChI is InChI=1S/C50H87Cl2N8O6S2/c1-39(2)67(63,64)48-44-46(54-42(5)59(44)35-31-27-23-19-15-11-7-9-13-17-21-25-29-33-37-62)60(50(52)57-48)38-40(3)68(65,66)47-43-45(55-49(51)56-47)53-41(4)58(43)34-30-26-22-18-14-10-6-8-12-16-20-24-28-32-36-61/h39-41,61-62H,6-38H2,1-5H3,(H,53,55,56)/q+1. The highest BCUT2D eigenvalue weighted by atomic mass is 35.5. The maximum Gasteiger partial charge on any atom is 0.336 e. The summed E-state index contributed by atoms with van der Waals surface area (Å²) in [6, 6.07) is 0. The molecule has 0 saturated carbocycles. The van der Waals surface area contributed by atoms with Crippen LogP contribution in [0.3, 0.4) is 0 Å². The van der Waals surface area contributed by atoms with Crippen molar-refractivity contribution >= 4 is 65.5 Å². The summed E-state index contributed by atoms with van der Waals surface area (Å²) in [5.41, 5.74) is 1.03. The minimum absolute atomic E-state index is 0.144. The topological polar surface area (TPSA) is 184 Å². The Morgan fingerprint density at radius 1 is 0.588 bits per heavy atom. The molecule has 1 aliphatic rings. The molecule has 4 heterocycles. The summed E-state index contributed by atoms with van der Waals surface area (Å²) < 4.78 is 60.5. The number of rotatable bonds is 38. The van der Waals surface area contributed by atoms with E-state index in [0.717, 1.165) is 70.6 Å². The van der Waals surface area contributed by atoms with Gasteiger partial charge in [0.25, 0.3) is 10.7 Å². The molecule has 0 bridgehead atoms. The molecular weight excluding hydrogens is 944 g/mol. The second kappa shape index (κ2) is 30.5. The van der Waals surface area contributed by atoms with Crippen LogP contribution in [0.25, 0.3) is 11.2 Å². The Bertz CT molecular complexity index is 2180. The molecule has 0 aliphatic carbocycles. The van der Waals surface area contributed by atoms with Crippen molar-refractivity contribution < 1.29 is 31.6 Å². The number of hydrogen-bond acceptors (Lipinski definition) is 12. The smallest absolute Gasteiger partial charge is 0.336 e. The molecule has 4 rings (SSSR count). The fourth-order valence-corrected chi connectivity index (χ4v) is 12.5. The van der Waals surface area contributed by atoms with Crippen molar-refractivity contribution in [2.45, 2.75) is 254 Å². The van der Waals surface area contributed by atoms with Crippen molar-refractivity contribution in [3.05, 3.63) is 16.4 Å². The number of imidazole rings is 1. The minimum Gasteiger partial charge on any atom is -0.396 e. The van der Waals surface area contributed by atoms with Gasteiger partial charge in [-0.15, -0.1) is 0 Å². The van der Waals surface area contributed by atoms with Gasteiger partial charge in [-0.3, -0.25) is 0 Å². The van der Waals surface area contributed by atoms with Gasteiger partial charge in [-0.2, -0.15) is 4.98 Å². The summed E-state index contributed by atoms with van der Waals surface area (Å²) in [5, 5.41) is 18.7. The third-order valence-electron chi connectivity index (χ3n) is 13.7. The molecule has 2 unspecified atom stereocenters. The van der Waals surface area contributed by atoms with Gasteiger partial charge in [0.05, 0.1) is 23.2 Å². The van der Waals surface area contributed by atoms with Gasteiger partial charge in [0.1, 0.15) is 5.69 Å². The zero-order chi connectivity index (χ0) is 49.5. The van der Waals surface area contributed by atoms with E-state index < -0.39 is 30.2 Å². The van der Waals surface area contributed by atoms with Crippen LogP contribution in [0.1, 0.15) is 213 Å². The number of sulfone groups is 2. The van der Waals surface area contributed by atoms with Crippen molar-refractivity contribution in [1.82, 2.24) is 24.5 Å². The Kier molecular flexibility index (Phi) is 26.1. The molecule has 0 spiro atoms. The quantitative estimate of drug-likeness (QED) is 0.0214. The molecule has 3 aromatic heterocycles. The van der Waals surface area contributed by atoms with Crippen molar-refractivity contribution in [2.75, 3.05) is 30.0 Å². The van der Waals surface area contributed by atoms with Crippen LogP contribution in [0.5, 0.6) is 0 Å². The molecule has 0 fully saturated rings. The van der Waals surface area contributed by atoms with Gasteiger partial charge >= 0.3 is 5.28 Å². The highest BCUT2D eigenvalue weighted by Gasteiger charge is 2.40. The van der Waals surface area contributed by atoms with E-state index in [2.05, 4.69) is 20.3 Å². The lowest BCUT2D eigenvalue weighted by atomic mass is 10.0. The maximum atomic E-state index is 14.7. The third kappa shape index (κ3) is 17.4. The average Bonchev–Trinajstić information content (AvgIpc) is 3.80. The summed E-state index contributed by atoms with van der Waals surface area (Å²) in [6.07, 6.45) is 32.3. The Morgan fingerprint density at radius 3 is 1.46 bits per heavy atom. The number of aromatic nitrogens is 6. The van der Waals surface area contributed by atoms with E-state index >= 15 is 0 Å². The summed E-state index contributed by atoms with van der Waals surface area (Å²) >= 11 is 13.3. The van der Waals surface area contributed by atoms with Gasteiger partial charge in [-0.1, -0.05) is 164 Å². The van der Waals surface area contributed by atoms with E-state index in [-0.39, 0.29) is 39.0 Å². The van der Waals surface area contributed by atoms with E-state index in [0.29, 0.717) is 49.1 Å². The van der Waals surface area contributed by atoms with Crippen LogP contribution in [0, 0.1) is 6.92 Å². The van der Waals surface area contributed by atoms with E-state index in [9.17, 15) is 16.8 Å². The zero-order valence-electron chi connectivity index (χ0n) is 42.3. The monoisotopic (exact) mass is 1030 g/mol. The Labute approximate surface area is 420 Å². The number of anilines is 2. The first-order valence-electron chi connectivity index (χ1n) is 26.4. The van der Waals surface area contributed by atoms with Crippen LogP contribution in [-0.4, -0.2) is 88.0 Å². The first-order chi connectivity index (χ1) is 32.7. The van der Waals surface area contributed by atoms with E-state index in [1.54, 1.807) is 20.8 Å². The highest BCUT2D eigenvalue weighted by molar-refractivity contribution is 7.92. The number of aliphatic hydroxyl groups is 2. The van der Waals surface area contributed by atoms with E-state index in [4.69, 9.17) is 38.4 Å². The van der Waals surface area contributed by atoms with Crippen molar-refractivity contribution in [2.24, 2.45) is 0 Å². The maximum absolute atomic E-state index is 14.7. The molecule has 3 aromatic rings. The third-order valence-corrected chi connectivity index (χ3v) is 18.2. The molecule has 0 amide bonds. The predicted octanol–water partition coefficient (Wildman–Crippen LogP) is 11.7. The first kappa shape index (κ1) is 58.2. The number of nitrogens with one attached hydrogen (secondary N) is 1. The summed E-state index contributed by atoms with van der Waals surface area (Å²) in [5.74, 6) is 0.986. The summed E-state index contributed by atoms with van der Waals surface area (Å²) in [6.45, 7) is 10.2. The van der Waals surface area contributed by atoms with Crippen LogP contribution >= 0.6 is 23.2 Å². The fourth-order valence-electron chi connectivity index (χ4n) is 9.40. The number of aryl methyl sites for hydroxylation is 2. The van der Waals surface area contributed by atoms with Gasteiger partial charge in [-0.25, -0.2) is 26.4 Å². The average molecular weight is 1030 g/mol. The van der Waals surface area contributed by atoms with Crippen LogP contribution in [0.4, 0.5) is 11.5 Å².